The van der Waals surface area contributed by atoms with Crippen molar-refractivity contribution in [3.8, 4) is 0 Å². The number of fused-ring (bicyclic) bond motifs is 4. The number of ether oxygens (including phenoxy) is 1. The van der Waals surface area contributed by atoms with Gasteiger partial charge in [-0.3, -0.25) is 14.4 Å². The number of morpholine rings is 1. The van der Waals surface area contributed by atoms with Crippen molar-refractivity contribution >= 4 is 23.2 Å². The summed E-state index contributed by atoms with van der Waals surface area (Å²) in [5.41, 5.74) is 3.30. The number of piperidine rings is 1. The van der Waals surface area contributed by atoms with Gasteiger partial charge in [-0.2, -0.15) is 0 Å². The van der Waals surface area contributed by atoms with Gasteiger partial charge in [0.25, 0.3) is 11.5 Å². The lowest BCUT2D eigenvalue weighted by molar-refractivity contribution is -0.907. The molecule has 2 fully saturated rings. The standard InChI is InChI=1S/C29H39N5O4/c1-3-20(2)30-29(37)22-7-8-26(24(16-22)31-27(35)9-10-32-11-13-38-14-12-32)33-17-21-15-23(19-33)25-5-4-6-28(36)34(25)18-21/h4-8,16,20-21,23H,3,9-15,17-19H2,1-2H3,(H,30,37)(H,31,35)/p+1. The van der Waals surface area contributed by atoms with Crippen molar-refractivity contribution in [2.75, 3.05) is 56.2 Å². The Bertz CT molecular complexity index is 1220. The van der Waals surface area contributed by atoms with Gasteiger partial charge in [-0.15, -0.1) is 0 Å². The second-order valence-electron chi connectivity index (χ2n) is 11.0. The van der Waals surface area contributed by atoms with Crippen LogP contribution in [0, 0.1) is 5.92 Å². The Balaban J connectivity index is 1.37. The molecule has 4 heterocycles. The van der Waals surface area contributed by atoms with Crippen LogP contribution in [0.5, 0.6) is 0 Å². The molecule has 38 heavy (non-hydrogen) atoms. The molecule has 204 valence electrons. The van der Waals surface area contributed by atoms with E-state index in [-0.39, 0.29) is 29.3 Å². The van der Waals surface area contributed by atoms with Gasteiger partial charge in [-0.05, 0) is 49.9 Å². The minimum Gasteiger partial charge on any atom is -0.370 e. The van der Waals surface area contributed by atoms with E-state index >= 15 is 0 Å². The number of anilines is 2. The predicted molar refractivity (Wildman–Crippen MR) is 147 cm³/mol. The van der Waals surface area contributed by atoms with Crippen LogP contribution in [0.3, 0.4) is 0 Å². The van der Waals surface area contributed by atoms with Crippen molar-refractivity contribution < 1.29 is 19.2 Å². The minimum atomic E-state index is -0.136. The van der Waals surface area contributed by atoms with Crippen molar-refractivity contribution in [1.29, 1.82) is 0 Å². The smallest absolute Gasteiger partial charge is 0.251 e. The summed E-state index contributed by atoms with van der Waals surface area (Å²) in [6, 6.07) is 11.2. The summed E-state index contributed by atoms with van der Waals surface area (Å²) >= 11 is 0. The molecule has 1 aromatic heterocycles. The number of amides is 2. The third kappa shape index (κ3) is 5.94. The molecule has 0 aliphatic carbocycles. The van der Waals surface area contributed by atoms with Gasteiger partial charge in [-0.1, -0.05) is 13.0 Å². The van der Waals surface area contributed by atoms with E-state index in [1.165, 1.54) is 4.90 Å². The van der Waals surface area contributed by atoms with Crippen molar-refractivity contribution in [2.24, 2.45) is 5.92 Å². The van der Waals surface area contributed by atoms with Gasteiger partial charge in [0.05, 0.1) is 37.6 Å². The number of nitrogens with one attached hydrogen (secondary N) is 3. The Kier molecular flexibility index (Phi) is 8.14. The molecule has 3 aliphatic rings. The zero-order valence-corrected chi connectivity index (χ0v) is 22.5. The van der Waals surface area contributed by atoms with E-state index in [4.69, 9.17) is 4.74 Å². The molecule has 3 aliphatic heterocycles. The van der Waals surface area contributed by atoms with E-state index in [1.54, 1.807) is 6.07 Å². The highest BCUT2D eigenvalue weighted by atomic mass is 16.5. The summed E-state index contributed by atoms with van der Waals surface area (Å²) in [6.45, 7) is 10.4. The Labute approximate surface area is 224 Å². The first kappa shape index (κ1) is 26.4. The first-order chi connectivity index (χ1) is 18.4. The lowest BCUT2D eigenvalue weighted by atomic mass is 9.83. The zero-order chi connectivity index (χ0) is 26.6. The van der Waals surface area contributed by atoms with E-state index in [0.29, 0.717) is 30.1 Å². The van der Waals surface area contributed by atoms with Gasteiger partial charge in [0, 0.05) is 48.9 Å². The molecule has 3 unspecified atom stereocenters. The molecule has 0 radical (unpaired) electrons. The highest BCUT2D eigenvalue weighted by Gasteiger charge is 2.35. The number of carbonyl (C=O) groups excluding carboxylic acids is 2. The lowest BCUT2D eigenvalue weighted by Crippen LogP contribution is -3.14. The van der Waals surface area contributed by atoms with Gasteiger partial charge >= 0.3 is 0 Å². The van der Waals surface area contributed by atoms with Crippen LogP contribution in [0.2, 0.25) is 0 Å². The van der Waals surface area contributed by atoms with E-state index in [9.17, 15) is 14.4 Å². The van der Waals surface area contributed by atoms with E-state index in [1.807, 2.05) is 42.7 Å². The average Bonchev–Trinajstić information content (AvgIpc) is 2.93. The summed E-state index contributed by atoms with van der Waals surface area (Å²) in [5.74, 6) is 0.420. The van der Waals surface area contributed by atoms with Gasteiger partial charge in [0.1, 0.15) is 13.1 Å². The summed E-state index contributed by atoms with van der Waals surface area (Å²) in [5, 5.41) is 6.17. The SMILES string of the molecule is CCC(C)NC(=O)c1ccc(N2CC3CC(C2)c2cccc(=O)n2C3)c(NC(=O)CC[NH+]2CCOCC2)c1. The van der Waals surface area contributed by atoms with Crippen LogP contribution in [-0.2, 0) is 16.1 Å². The fourth-order valence-corrected chi connectivity index (χ4v) is 5.97. The first-order valence-electron chi connectivity index (χ1n) is 14.0. The molecule has 2 aromatic rings. The summed E-state index contributed by atoms with van der Waals surface area (Å²) in [7, 11) is 0. The molecule has 3 atom stereocenters. The molecule has 9 nitrogen and oxygen atoms in total. The third-order valence-electron chi connectivity index (χ3n) is 8.25. The Morgan fingerprint density at radius 3 is 2.74 bits per heavy atom. The maximum atomic E-state index is 13.1. The lowest BCUT2D eigenvalue weighted by Gasteiger charge is -2.44. The van der Waals surface area contributed by atoms with Gasteiger partial charge in [-0.25, -0.2) is 0 Å². The molecule has 0 spiro atoms. The number of rotatable bonds is 8. The monoisotopic (exact) mass is 522 g/mol. The van der Waals surface area contributed by atoms with Crippen LogP contribution in [0.15, 0.2) is 41.2 Å². The fourth-order valence-electron chi connectivity index (χ4n) is 5.97. The second kappa shape index (κ2) is 11.7. The van der Waals surface area contributed by atoms with Crippen molar-refractivity contribution in [3.63, 3.8) is 0 Å². The summed E-state index contributed by atoms with van der Waals surface area (Å²) in [6.07, 6.45) is 2.32. The minimum absolute atomic E-state index is 0.0428. The third-order valence-corrected chi connectivity index (χ3v) is 8.25. The number of nitrogens with zero attached hydrogens (tertiary/aromatic N) is 2. The Morgan fingerprint density at radius 2 is 1.95 bits per heavy atom. The van der Waals surface area contributed by atoms with Crippen LogP contribution < -0.4 is 26.0 Å². The summed E-state index contributed by atoms with van der Waals surface area (Å²) < 4.78 is 7.36. The maximum absolute atomic E-state index is 13.1. The topological polar surface area (TPSA) is 97.1 Å². The van der Waals surface area contributed by atoms with Crippen LogP contribution in [0.25, 0.3) is 0 Å². The fraction of sp³-hybridized carbons (Fsp3) is 0.552. The predicted octanol–water partition coefficient (Wildman–Crippen LogP) is 1.24. The van der Waals surface area contributed by atoms with Crippen LogP contribution in [-0.4, -0.2) is 68.4 Å². The van der Waals surface area contributed by atoms with E-state index < -0.39 is 0 Å². The van der Waals surface area contributed by atoms with E-state index in [0.717, 1.165) is 70.2 Å². The van der Waals surface area contributed by atoms with Crippen LogP contribution >= 0.6 is 0 Å². The number of benzene rings is 1. The molecule has 2 amide bonds. The number of hydrogen-bond acceptors (Lipinski definition) is 5. The summed E-state index contributed by atoms with van der Waals surface area (Å²) in [4.78, 5) is 42.1. The molecule has 0 saturated carbocycles. The van der Waals surface area contributed by atoms with Crippen LogP contribution in [0.4, 0.5) is 11.4 Å². The van der Waals surface area contributed by atoms with Crippen molar-refractivity contribution in [1.82, 2.24) is 9.88 Å². The number of quaternary nitrogens is 1. The number of pyridine rings is 1. The molecular formula is C29H40N5O4+. The highest BCUT2D eigenvalue weighted by Crippen LogP contribution is 2.39. The second-order valence-corrected chi connectivity index (χ2v) is 11.0. The van der Waals surface area contributed by atoms with Crippen LogP contribution in [0.1, 0.15) is 55.1 Å². The number of carbonyl (C=O) groups is 2. The van der Waals surface area contributed by atoms with Crippen molar-refractivity contribution in [2.45, 2.75) is 51.6 Å². The molecule has 5 rings (SSSR count). The van der Waals surface area contributed by atoms with Gasteiger partial charge < -0.3 is 29.7 Å². The van der Waals surface area contributed by atoms with E-state index in [2.05, 4.69) is 21.6 Å². The average molecular weight is 523 g/mol. The number of hydrogen-bond donors (Lipinski definition) is 3. The number of aromatic nitrogens is 1. The molecule has 1 aromatic carbocycles. The van der Waals surface area contributed by atoms with Gasteiger partial charge in [0.15, 0.2) is 0 Å². The first-order valence-corrected chi connectivity index (χ1v) is 14.0. The van der Waals surface area contributed by atoms with Crippen molar-refractivity contribution in [3.05, 3.63) is 58.0 Å². The highest BCUT2D eigenvalue weighted by molar-refractivity contribution is 6.00. The maximum Gasteiger partial charge on any atom is 0.251 e. The zero-order valence-electron chi connectivity index (χ0n) is 22.5. The quantitative estimate of drug-likeness (QED) is 0.485. The molecule has 2 bridgehead atoms. The molecule has 2 saturated heterocycles. The normalized spacial score (nSPS) is 21.9. The molecule has 9 heteroatoms. The van der Waals surface area contributed by atoms with Gasteiger partial charge in [0.2, 0.25) is 5.91 Å². The Hall–Kier alpha value is -3.17. The molecule has 3 N–H and O–H groups in total. The largest absolute Gasteiger partial charge is 0.370 e. The molecular weight excluding hydrogens is 482 g/mol. The Morgan fingerprint density at radius 1 is 1.13 bits per heavy atom.